The summed E-state index contributed by atoms with van der Waals surface area (Å²) in [6, 6.07) is 17.4. The van der Waals surface area contributed by atoms with Crippen LogP contribution in [-0.2, 0) is 0 Å². The average molecular weight is 413 g/mol. The maximum Gasteiger partial charge on any atom is 0.217 e. The highest BCUT2D eigenvalue weighted by Gasteiger charge is 2.16. The van der Waals surface area contributed by atoms with Gasteiger partial charge in [-0.1, -0.05) is 53.5 Å². The van der Waals surface area contributed by atoms with Crippen molar-refractivity contribution in [2.45, 2.75) is 0 Å². The van der Waals surface area contributed by atoms with Crippen LogP contribution in [0, 0.1) is 0 Å². The van der Waals surface area contributed by atoms with Gasteiger partial charge < -0.3 is 9.84 Å². The number of rotatable bonds is 5. The second kappa shape index (κ2) is 7.54. The van der Waals surface area contributed by atoms with Crippen LogP contribution >= 0.6 is 23.2 Å². The number of aromatic hydroxyl groups is 1. The number of aromatic amines is 1. The highest BCUT2D eigenvalue weighted by molar-refractivity contribution is 6.35. The molecule has 0 aliphatic carbocycles. The van der Waals surface area contributed by atoms with Gasteiger partial charge >= 0.3 is 0 Å². The van der Waals surface area contributed by atoms with Gasteiger partial charge in [0.2, 0.25) is 5.78 Å². The van der Waals surface area contributed by atoms with Crippen LogP contribution in [0.1, 0.15) is 10.5 Å². The van der Waals surface area contributed by atoms with E-state index in [2.05, 4.69) is 10.2 Å². The molecule has 0 saturated carbocycles. The lowest BCUT2D eigenvalue weighted by Crippen LogP contribution is -2.12. The van der Waals surface area contributed by atoms with E-state index in [4.69, 9.17) is 27.9 Å². The van der Waals surface area contributed by atoms with Gasteiger partial charge in [-0.3, -0.25) is 9.89 Å². The summed E-state index contributed by atoms with van der Waals surface area (Å²) in [6.45, 7) is -0.218. The number of halogens is 2. The number of aromatic nitrogens is 2. The SMILES string of the molecule is O=C(COc1ccc(Cl)cc1Cl)c1cc(-c2c(O)ccc3ccccc23)n[nH]1. The molecule has 140 valence electrons. The molecule has 3 aromatic carbocycles. The minimum atomic E-state index is -0.301. The molecule has 1 heterocycles. The third kappa shape index (κ3) is 3.54. The van der Waals surface area contributed by atoms with E-state index in [1.54, 1.807) is 30.3 Å². The fourth-order valence-electron chi connectivity index (χ4n) is 2.94. The average Bonchev–Trinajstić information content (AvgIpc) is 3.16. The van der Waals surface area contributed by atoms with Crippen LogP contribution in [0.15, 0.2) is 60.7 Å². The molecule has 0 amide bonds. The first-order valence-corrected chi connectivity index (χ1v) is 9.16. The highest BCUT2D eigenvalue weighted by atomic mass is 35.5. The molecule has 2 N–H and O–H groups in total. The van der Waals surface area contributed by atoms with Crippen molar-refractivity contribution in [3.8, 4) is 22.8 Å². The van der Waals surface area contributed by atoms with Gasteiger partial charge in [-0.2, -0.15) is 5.10 Å². The van der Waals surface area contributed by atoms with Crippen molar-refractivity contribution < 1.29 is 14.6 Å². The fourth-order valence-corrected chi connectivity index (χ4v) is 3.40. The summed E-state index contributed by atoms with van der Waals surface area (Å²) in [7, 11) is 0. The predicted molar refractivity (Wildman–Crippen MR) is 109 cm³/mol. The number of phenols is 1. The quantitative estimate of drug-likeness (QED) is 0.424. The lowest BCUT2D eigenvalue weighted by atomic mass is 10.0. The minimum Gasteiger partial charge on any atom is -0.507 e. The number of nitrogens with one attached hydrogen (secondary N) is 1. The first kappa shape index (κ1) is 18.3. The first-order valence-electron chi connectivity index (χ1n) is 8.40. The van der Waals surface area contributed by atoms with Crippen molar-refractivity contribution in [2.75, 3.05) is 6.61 Å². The molecule has 0 spiro atoms. The smallest absolute Gasteiger partial charge is 0.217 e. The summed E-state index contributed by atoms with van der Waals surface area (Å²) in [4.78, 5) is 12.5. The van der Waals surface area contributed by atoms with E-state index in [9.17, 15) is 9.90 Å². The van der Waals surface area contributed by atoms with E-state index < -0.39 is 0 Å². The van der Waals surface area contributed by atoms with Crippen LogP contribution in [0.4, 0.5) is 0 Å². The van der Waals surface area contributed by atoms with Crippen molar-refractivity contribution in [1.29, 1.82) is 0 Å². The summed E-state index contributed by atoms with van der Waals surface area (Å²) in [5.41, 5.74) is 1.31. The van der Waals surface area contributed by atoms with Gasteiger partial charge in [-0.05, 0) is 41.1 Å². The molecule has 7 heteroatoms. The van der Waals surface area contributed by atoms with E-state index in [1.807, 2.05) is 30.3 Å². The van der Waals surface area contributed by atoms with Gasteiger partial charge in [0, 0.05) is 5.02 Å². The number of benzene rings is 3. The molecule has 0 atom stereocenters. The number of H-pyrrole nitrogens is 1. The van der Waals surface area contributed by atoms with Crippen molar-refractivity contribution in [1.82, 2.24) is 10.2 Å². The molecule has 0 bridgehead atoms. The molecule has 0 aliphatic heterocycles. The van der Waals surface area contributed by atoms with Crippen LogP contribution in [0.5, 0.6) is 11.5 Å². The maximum absolute atomic E-state index is 12.5. The zero-order valence-electron chi connectivity index (χ0n) is 14.4. The van der Waals surface area contributed by atoms with Crippen LogP contribution in [0.3, 0.4) is 0 Å². The number of carbonyl (C=O) groups is 1. The number of fused-ring (bicyclic) bond motifs is 1. The van der Waals surface area contributed by atoms with E-state index in [-0.39, 0.29) is 23.8 Å². The summed E-state index contributed by atoms with van der Waals surface area (Å²) < 4.78 is 5.48. The van der Waals surface area contributed by atoms with Crippen molar-refractivity contribution in [2.24, 2.45) is 0 Å². The Kier molecular flexibility index (Phi) is 4.94. The zero-order valence-corrected chi connectivity index (χ0v) is 16.0. The van der Waals surface area contributed by atoms with Crippen molar-refractivity contribution >= 4 is 39.8 Å². The monoisotopic (exact) mass is 412 g/mol. The van der Waals surface area contributed by atoms with Gasteiger partial charge in [-0.25, -0.2) is 0 Å². The molecule has 4 aromatic rings. The fraction of sp³-hybridized carbons (Fsp3) is 0.0476. The standard InChI is InChI=1S/C21H14Cl2N2O3/c22-13-6-8-20(15(23)9-13)28-11-19(27)16-10-17(25-24-16)21-14-4-2-1-3-12(14)5-7-18(21)26/h1-10,26H,11H2,(H,24,25). The molecule has 0 aliphatic rings. The van der Waals surface area contributed by atoms with Gasteiger partial charge in [0.05, 0.1) is 16.3 Å². The molecule has 28 heavy (non-hydrogen) atoms. The molecular weight excluding hydrogens is 399 g/mol. The number of phenolic OH excluding ortho intramolecular Hbond substituents is 1. The Morgan fingerprint density at radius 2 is 1.89 bits per heavy atom. The van der Waals surface area contributed by atoms with E-state index in [0.29, 0.717) is 27.1 Å². The molecule has 0 radical (unpaired) electrons. The first-order chi connectivity index (χ1) is 13.5. The van der Waals surface area contributed by atoms with E-state index in [0.717, 1.165) is 10.8 Å². The maximum atomic E-state index is 12.5. The van der Waals surface area contributed by atoms with E-state index in [1.165, 1.54) is 0 Å². The highest BCUT2D eigenvalue weighted by Crippen LogP contribution is 2.35. The topological polar surface area (TPSA) is 75.2 Å². The summed E-state index contributed by atoms with van der Waals surface area (Å²) in [5, 5.41) is 19.9. The number of nitrogens with zero attached hydrogens (tertiary/aromatic N) is 1. The normalized spacial score (nSPS) is 10.9. The molecule has 0 unspecified atom stereocenters. The second-order valence-corrected chi connectivity index (χ2v) is 6.98. The Morgan fingerprint density at radius 3 is 2.71 bits per heavy atom. The molecule has 4 rings (SSSR count). The molecule has 5 nitrogen and oxygen atoms in total. The lowest BCUT2D eigenvalue weighted by molar-refractivity contribution is 0.0916. The van der Waals surface area contributed by atoms with Crippen LogP contribution in [-0.4, -0.2) is 27.7 Å². The minimum absolute atomic E-state index is 0.0911. The van der Waals surface area contributed by atoms with Gasteiger partial charge in [-0.15, -0.1) is 0 Å². The summed E-state index contributed by atoms with van der Waals surface area (Å²) in [5.74, 6) is 0.156. The largest absolute Gasteiger partial charge is 0.507 e. The number of Topliss-reactive ketones (excluding diaryl/α,β-unsaturated/α-hetero) is 1. The van der Waals surface area contributed by atoms with Gasteiger partial charge in [0.25, 0.3) is 0 Å². The summed E-state index contributed by atoms with van der Waals surface area (Å²) in [6.07, 6.45) is 0. The zero-order chi connectivity index (χ0) is 19.7. The Balaban J connectivity index is 1.58. The molecule has 0 saturated heterocycles. The van der Waals surface area contributed by atoms with Crippen LogP contribution in [0.2, 0.25) is 10.0 Å². The third-order valence-corrected chi connectivity index (χ3v) is 4.82. The van der Waals surface area contributed by atoms with Crippen LogP contribution < -0.4 is 4.74 Å². The van der Waals surface area contributed by atoms with Crippen molar-refractivity contribution in [3.63, 3.8) is 0 Å². The Labute approximate surface area is 170 Å². The van der Waals surface area contributed by atoms with Crippen LogP contribution in [0.25, 0.3) is 22.0 Å². The van der Waals surface area contributed by atoms with Gasteiger partial charge in [0.1, 0.15) is 17.2 Å². The molecular formula is C21H14Cl2N2O3. The van der Waals surface area contributed by atoms with E-state index >= 15 is 0 Å². The Hall–Kier alpha value is -3.02. The molecule has 1 aromatic heterocycles. The number of hydrogen-bond donors (Lipinski definition) is 2. The second-order valence-electron chi connectivity index (χ2n) is 6.13. The number of carbonyl (C=O) groups excluding carboxylic acids is 1. The summed E-state index contributed by atoms with van der Waals surface area (Å²) >= 11 is 11.9. The predicted octanol–water partition coefficient (Wildman–Crippen LogP) is 5.50. The van der Waals surface area contributed by atoms with Gasteiger partial charge in [0.15, 0.2) is 6.61 Å². The Bertz CT molecular complexity index is 1190. The number of ketones is 1. The van der Waals surface area contributed by atoms with Crippen molar-refractivity contribution in [3.05, 3.63) is 76.4 Å². The molecule has 0 fully saturated rings. The number of ether oxygens (including phenoxy) is 1. The third-order valence-electron chi connectivity index (χ3n) is 4.29. The lowest BCUT2D eigenvalue weighted by Gasteiger charge is -2.07. The Morgan fingerprint density at radius 1 is 1.07 bits per heavy atom. The number of hydrogen-bond acceptors (Lipinski definition) is 4.